The molecule has 0 saturated heterocycles. The molecule has 0 radical (unpaired) electrons. The minimum Gasteiger partial charge on any atom is -0.339 e. The van der Waals surface area contributed by atoms with Crippen molar-refractivity contribution in [1.82, 2.24) is 9.97 Å². The van der Waals surface area contributed by atoms with Gasteiger partial charge in [-0.25, -0.2) is 4.98 Å². The summed E-state index contributed by atoms with van der Waals surface area (Å²) in [6.07, 6.45) is -0.542. The van der Waals surface area contributed by atoms with Crippen LogP contribution in [0.4, 0.5) is 36.3 Å². The molecule has 0 saturated carbocycles. The maximum atomic E-state index is 13.4. The van der Waals surface area contributed by atoms with Gasteiger partial charge in [0, 0.05) is 15.5 Å². The normalized spacial score (nSPS) is 11.3. The Balaban J connectivity index is 1.86. The van der Waals surface area contributed by atoms with Gasteiger partial charge in [0.15, 0.2) is 0 Å². The van der Waals surface area contributed by atoms with Crippen molar-refractivity contribution in [3.05, 3.63) is 69.4 Å². The molecule has 3 aromatic rings. The second kappa shape index (κ2) is 9.43. The first kappa shape index (κ1) is 21.4. The van der Waals surface area contributed by atoms with Gasteiger partial charge in [-0.3, -0.25) is 0 Å². The standard InChI is InChI=1S/C21H20F3IN4/c1-2-3-6-14-9-11-15(12-10-14)27-20-26-13-16(21(22,23)24)19(29-20)28-18-8-5-4-7-17(18)25/h4-5,7-13H,2-3,6H2,1H3,(H2,26,27,28,29). The molecule has 1 heterocycles. The number of para-hydroxylation sites is 1. The summed E-state index contributed by atoms with van der Waals surface area (Å²) < 4.78 is 41.0. The van der Waals surface area contributed by atoms with Crippen LogP contribution in [0.1, 0.15) is 30.9 Å². The number of anilines is 4. The Kier molecular flexibility index (Phi) is 6.94. The molecule has 2 N–H and O–H groups in total. The molecule has 152 valence electrons. The third kappa shape index (κ3) is 5.81. The lowest BCUT2D eigenvalue weighted by molar-refractivity contribution is -0.137. The molecule has 8 heteroatoms. The van der Waals surface area contributed by atoms with Gasteiger partial charge in [-0.1, -0.05) is 37.6 Å². The predicted molar refractivity (Wildman–Crippen MR) is 118 cm³/mol. The van der Waals surface area contributed by atoms with Crippen LogP contribution in [-0.2, 0) is 12.6 Å². The van der Waals surface area contributed by atoms with E-state index in [0.29, 0.717) is 11.4 Å². The van der Waals surface area contributed by atoms with E-state index in [9.17, 15) is 13.2 Å². The molecule has 3 rings (SSSR count). The first-order valence-corrected chi connectivity index (χ1v) is 10.3. The van der Waals surface area contributed by atoms with E-state index >= 15 is 0 Å². The Labute approximate surface area is 181 Å². The van der Waals surface area contributed by atoms with Crippen molar-refractivity contribution in [2.75, 3.05) is 10.6 Å². The molecule has 29 heavy (non-hydrogen) atoms. The average molecular weight is 512 g/mol. The number of nitrogens with zero attached hydrogens (tertiary/aromatic N) is 2. The summed E-state index contributed by atoms with van der Waals surface area (Å²) in [6.45, 7) is 2.14. The lowest BCUT2D eigenvalue weighted by atomic mass is 10.1. The molecule has 0 atom stereocenters. The van der Waals surface area contributed by atoms with Crippen LogP contribution in [-0.4, -0.2) is 9.97 Å². The summed E-state index contributed by atoms with van der Waals surface area (Å²) in [5.41, 5.74) is 1.55. The first-order valence-electron chi connectivity index (χ1n) is 9.18. The number of aromatic nitrogens is 2. The van der Waals surface area contributed by atoms with Crippen LogP contribution >= 0.6 is 22.6 Å². The lowest BCUT2D eigenvalue weighted by Gasteiger charge is -2.15. The summed E-state index contributed by atoms with van der Waals surface area (Å²) in [7, 11) is 0. The van der Waals surface area contributed by atoms with E-state index in [1.807, 2.05) is 30.3 Å². The third-order valence-electron chi connectivity index (χ3n) is 4.25. The van der Waals surface area contributed by atoms with Crippen molar-refractivity contribution in [2.24, 2.45) is 0 Å². The van der Waals surface area contributed by atoms with E-state index < -0.39 is 11.7 Å². The molecule has 0 bridgehead atoms. The molecule has 0 fully saturated rings. The number of hydrogen-bond acceptors (Lipinski definition) is 4. The lowest BCUT2D eigenvalue weighted by Crippen LogP contribution is -2.13. The molecule has 0 aliphatic carbocycles. The van der Waals surface area contributed by atoms with E-state index in [-0.39, 0.29) is 11.8 Å². The van der Waals surface area contributed by atoms with Crippen LogP contribution in [0.25, 0.3) is 0 Å². The summed E-state index contributed by atoms with van der Waals surface area (Å²) in [5.74, 6) is -0.202. The fraction of sp³-hybridized carbons (Fsp3) is 0.238. The monoisotopic (exact) mass is 512 g/mol. The minimum absolute atomic E-state index is 0.0905. The molecule has 0 spiro atoms. The first-order chi connectivity index (χ1) is 13.9. The van der Waals surface area contributed by atoms with E-state index in [1.165, 1.54) is 5.56 Å². The second-order valence-corrected chi connectivity index (χ2v) is 7.65. The highest BCUT2D eigenvalue weighted by Gasteiger charge is 2.35. The molecule has 4 nitrogen and oxygen atoms in total. The summed E-state index contributed by atoms with van der Waals surface area (Å²) in [5, 5.41) is 5.76. The largest absolute Gasteiger partial charge is 0.421 e. The van der Waals surface area contributed by atoms with Crippen molar-refractivity contribution in [3.63, 3.8) is 0 Å². The number of unbranched alkanes of at least 4 members (excludes halogenated alkanes) is 1. The average Bonchev–Trinajstić information content (AvgIpc) is 2.68. The topological polar surface area (TPSA) is 49.8 Å². The molecular weight excluding hydrogens is 492 g/mol. The van der Waals surface area contributed by atoms with Crippen LogP contribution < -0.4 is 10.6 Å². The van der Waals surface area contributed by atoms with Crippen LogP contribution in [0.3, 0.4) is 0 Å². The van der Waals surface area contributed by atoms with Gasteiger partial charge in [0.05, 0.1) is 5.69 Å². The van der Waals surface area contributed by atoms with Gasteiger partial charge >= 0.3 is 6.18 Å². The highest BCUT2D eigenvalue weighted by Crippen LogP contribution is 2.36. The van der Waals surface area contributed by atoms with Gasteiger partial charge in [0.25, 0.3) is 0 Å². The Hall–Kier alpha value is -2.36. The van der Waals surface area contributed by atoms with Gasteiger partial charge in [0.1, 0.15) is 11.4 Å². The third-order valence-corrected chi connectivity index (χ3v) is 5.19. The van der Waals surface area contributed by atoms with Gasteiger partial charge in [-0.15, -0.1) is 0 Å². The summed E-state index contributed by atoms with van der Waals surface area (Å²) in [4.78, 5) is 7.94. The van der Waals surface area contributed by atoms with Crippen molar-refractivity contribution in [1.29, 1.82) is 0 Å². The zero-order chi connectivity index (χ0) is 20.9. The van der Waals surface area contributed by atoms with Crippen molar-refractivity contribution >= 4 is 45.7 Å². The van der Waals surface area contributed by atoms with Gasteiger partial charge < -0.3 is 10.6 Å². The highest BCUT2D eigenvalue weighted by atomic mass is 127. The van der Waals surface area contributed by atoms with Crippen molar-refractivity contribution in [3.8, 4) is 0 Å². The molecule has 0 unspecified atom stereocenters. The molecule has 1 aromatic heterocycles. The SMILES string of the molecule is CCCCc1ccc(Nc2ncc(C(F)(F)F)c(Nc3ccccc3I)n2)cc1. The number of halogens is 4. The Morgan fingerprint density at radius 3 is 2.38 bits per heavy atom. The molecule has 0 amide bonds. The minimum atomic E-state index is -4.57. The van der Waals surface area contributed by atoms with E-state index in [4.69, 9.17) is 0 Å². The molecular formula is C21H20F3IN4. The van der Waals surface area contributed by atoms with E-state index in [2.05, 4.69) is 50.1 Å². The number of nitrogens with one attached hydrogen (secondary N) is 2. The molecule has 2 aromatic carbocycles. The number of benzene rings is 2. The second-order valence-electron chi connectivity index (χ2n) is 6.48. The zero-order valence-corrected chi connectivity index (χ0v) is 17.9. The number of aryl methyl sites for hydroxylation is 1. The fourth-order valence-corrected chi connectivity index (χ4v) is 3.22. The van der Waals surface area contributed by atoms with E-state index in [1.54, 1.807) is 18.2 Å². The number of alkyl halides is 3. The summed E-state index contributed by atoms with van der Waals surface area (Å²) in [6, 6.07) is 14.8. The smallest absolute Gasteiger partial charge is 0.339 e. The number of rotatable bonds is 7. The Bertz CT molecular complexity index is 959. The van der Waals surface area contributed by atoms with Gasteiger partial charge in [-0.05, 0) is 65.3 Å². The van der Waals surface area contributed by atoms with Gasteiger partial charge in [0.2, 0.25) is 5.95 Å². The van der Waals surface area contributed by atoms with Gasteiger partial charge in [-0.2, -0.15) is 18.2 Å². The maximum absolute atomic E-state index is 13.4. The van der Waals surface area contributed by atoms with Crippen LogP contribution in [0.2, 0.25) is 0 Å². The van der Waals surface area contributed by atoms with Crippen LogP contribution in [0.15, 0.2) is 54.7 Å². The highest BCUT2D eigenvalue weighted by molar-refractivity contribution is 14.1. The summed E-state index contributed by atoms with van der Waals surface area (Å²) >= 11 is 2.06. The zero-order valence-electron chi connectivity index (χ0n) is 15.7. The van der Waals surface area contributed by atoms with Crippen LogP contribution in [0.5, 0.6) is 0 Å². The van der Waals surface area contributed by atoms with Crippen molar-refractivity contribution < 1.29 is 13.2 Å². The van der Waals surface area contributed by atoms with E-state index in [0.717, 1.165) is 29.0 Å². The Morgan fingerprint density at radius 2 is 1.72 bits per heavy atom. The predicted octanol–water partition coefficient (Wildman–Crippen LogP) is 6.93. The van der Waals surface area contributed by atoms with Crippen molar-refractivity contribution in [2.45, 2.75) is 32.4 Å². The quantitative estimate of drug-likeness (QED) is 0.337. The Morgan fingerprint density at radius 1 is 1.00 bits per heavy atom. The molecule has 0 aliphatic heterocycles. The fourth-order valence-electron chi connectivity index (χ4n) is 2.70. The maximum Gasteiger partial charge on any atom is 0.421 e. The van der Waals surface area contributed by atoms with Crippen LogP contribution in [0, 0.1) is 3.57 Å². The number of hydrogen-bond donors (Lipinski definition) is 2. The molecule has 0 aliphatic rings.